The lowest BCUT2D eigenvalue weighted by molar-refractivity contribution is 0.0684. The minimum Gasteiger partial charge on any atom is -0.382 e. The molecule has 0 fully saturated rings. The molecule has 0 spiro atoms. The van der Waals surface area contributed by atoms with Crippen molar-refractivity contribution in [2.75, 3.05) is 0 Å². The molecule has 0 aliphatic rings. The first-order valence-corrected chi connectivity index (χ1v) is 2.95. The first-order valence-electron chi connectivity index (χ1n) is 2.95. The molecule has 1 heterocycles. The summed E-state index contributed by atoms with van der Waals surface area (Å²) < 4.78 is 0. The highest BCUT2D eigenvalue weighted by Crippen LogP contribution is 2.11. The second-order valence-corrected chi connectivity index (χ2v) is 2.52. The van der Waals surface area contributed by atoms with E-state index in [-0.39, 0.29) is 0 Å². The third-order valence-corrected chi connectivity index (χ3v) is 1.04. The summed E-state index contributed by atoms with van der Waals surface area (Å²) >= 11 is 0. The van der Waals surface area contributed by atoms with Gasteiger partial charge in [-0.1, -0.05) is 0 Å². The number of hydrogen-bond acceptors (Lipinski definition) is 4. The van der Waals surface area contributed by atoms with Gasteiger partial charge in [0.1, 0.15) is 18.3 Å². The normalized spacial score (nSPS) is 11.5. The van der Waals surface area contributed by atoms with Crippen molar-refractivity contribution in [3.63, 3.8) is 0 Å². The third-order valence-electron chi connectivity index (χ3n) is 1.04. The lowest BCUT2D eigenvalue weighted by Crippen LogP contribution is -2.19. The molecule has 0 radical (unpaired) electrons. The highest BCUT2D eigenvalue weighted by Gasteiger charge is 2.18. The Kier molecular flexibility index (Phi) is 1.63. The minimum atomic E-state index is -0.969. The van der Waals surface area contributed by atoms with Crippen LogP contribution < -0.4 is 0 Å². The monoisotopic (exact) mass is 139 g/mol. The molecule has 1 aromatic heterocycles. The molecule has 0 atom stereocenters. The molecule has 4 heteroatoms. The maximum atomic E-state index is 9.34. The van der Waals surface area contributed by atoms with E-state index in [1.807, 2.05) is 0 Å². The summed E-state index contributed by atoms with van der Waals surface area (Å²) in [5, 5.41) is 9.34. The molecular weight excluding hydrogens is 130 g/mol. The van der Waals surface area contributed by atoms with E-state index in [0.29, 0.717) is 5.82 Å². The Balaban J connectivity index is 2.97. The molecule has 0 amide bonds. The van der Waals surface area contributed by atoms with Gasteiger partial charge in [0, 0.05) is 0 Å². The predicted octanol–water partition coefficient (Wildman–Crippen LogP) is 0.0990. The SMILES string of the molecule is CC(C)(O)c1ncncn1. The smallest absolute Gasteiger partial charge is 0.162 e. The molecule has 0 unspecified atom stereocenters. The van der Waals surface area contributed by atoms with Gasteiger partial charge in [0.2, 0.25) is 0 Å². The Morgan fingerprint density at radius 3 is 2.10 bits per heavy atom. The van der Waals surface area contributed by atoms with E-state index in [9.17, 15) is 5.11 Å². The molecule has 0 saturated carbocycles. The third kappa shape index (κ3) is 1.48. The van der Waals surface area contributed by atoms with Crippen molar-refractivity contribution < 1.29 is 5.11 Å². The van der Waals surface area contributed by atoms with Gasteiger partial charge in [-0.05, 0) is 13.8 Å². The lowest BCUT2D eigenvalue weighted by atomic mass is 10.1. The largest absolute Gasteiger partial charge is 0.382 e. The maximum absolute atomic E-state index is 9.34. The maximum Gasteiger partial charge on any atom is 0.162 e. The van der Waals surface area contributed by atoms with Crippen molar-refractivity contribution in [3.05, 3.63) is 18.5 Å². The molecule has 0 aliphatic carbocycles. The molecule has 10 heavy (non-hydrogen) atoms. The molecule has 0 saturated heterocycles. The quantitative estimate of drug-likeness (QED) is 0.599. The van der Waals surface area contributed by atoms with Gasteiger partial charge in [0.15, 0.2) is 5.82 Å². The second-order valence-electron chi connectivity index (χ2n) is 2.52. The van der Waals surface area contributed by atoms with Crippen molar-refractivity contribution >= 4 is 0 Å². The van der Waals surface area contributed by atoms with Gasteiger partial charge in [-0.2, -0.15) is 0 Å². The van der Waals surface area contributed by atoms with Gasteiger partial charge in [-0.15, -0.1) is 0 Å². The number of aliphatic hydroxyl groups is 1. The van der Waals surface area contributed by atoms with Crippen LogP contribution >= 0.6 is 0 Å². The zero-order valence-corrected chi connectivity index (χ0v) is 5.94. The Hall–Kier alpha value is -1.03. The Bertz CT molecular complexity index is 204. The van der Waals surface area contributed by atoms with Crippen LogP contribution in [-0.2, 0) is 5.60 Å². The molecule has 0 bridgehead atoms. The van der Waals surface area contributed by atoms with Crippen LogP contribution in [0.4, 0.5) is 0 Å². The molecule has 1 rings (SSSR count). The summed E-state index contributed by atoms with van der Waals surface area (Å²) in [6.45, 7) is 3.25. The van der Waals surface area contributed by atoms with Crippen molar-refractivity contribution in [2.24, 2.45) is 0 Å². The van der Waals surface area contributed by atoms with Crippen LogP contribution in [0.25, 0.3) is 0 Å². The molecule has 4 nitrogen and oxygen atoms in total. The number of nitrogens with zero attached hydrogens (tertiary/aromatic N) is 3. The fourth-order valence-corrected chi connectivity index (χ4v) is 0.555. The van der Waals surface area contributed by atoms with E-state index in [0.717, 1.165) is 0 Å². The lowest BCUT2D eigenvalue weighted by Gasteiger charge is -2.13. The van der Waals surface area contributed by atoms with E-state index >= 15 is 0 Å². The summed E-state index contributed by atoms with van der Waals surface area (Å²) in [5.74, 6) is 0.391. The van der Waals surface area contributed by atoms with Crippen LogP contribution in [0.1, 0.15) is 19.7 Å². The summed E-state index contributed by atoms with van der Waals surface area (Å²) in [6.07, 6.45) is 2.72. The van der Waals surface area contributed by atoms with Crippen LogP contribution in [0, 0.1) is 0 Å². The van der Waals surface area contributed by atoms with Crippen LogP contribution in [0.5, 0.6) is 0 Å². The molecule has 1 aromatic rings. The Labute approximate surface area is 59.0 Å². The molecular formula is C6H9N3O. The summed E-state index contributed by atoms with van der Waals surface area (Å²) in [5.41, 5.74) is -0.969. The van der Waals surface area contributed by atoms with E-state index in [1.54, 1.807) is 13.8 Å². The van der Waals surface area contributed by atoms with E-state index < -0.39 is 5.60 Å². The van der Waals surface area contributed by atoms with Crippen molar-refractivity contribution in [1.29, 1.82) is 0 Å². The number of rotatable bonds is 1. The predicted molar refractivity (Wildman–Crippen MR) is 35.1 cm³/mol. The average Bonchev–Trinajstić information content (AvgIpc) is 1.88. The van der Waals surface area contributed by atoms with Crippen molar-refractivity contribution in [1.82, 2.24) is 15.0 Å². The van der Waals surface area contributed by atoms with Gasteiger partial charge in [0.05, 0.1) is 0 Å². The first-order chi connectivity index (χ1) is 4.61. The molecule has 0 aromatic carbocycles. The van der Waals surface area contributed by atoms with Crippen LogP contribution in [-0.4, -0.2) is 20.1 Å². The minimum absolute atomic E-state index is 0.391. The first kappa shape index (κ1) is 7.08. The van der Waals surface area contributed by atoms with Crippen LogP contribution in [0.15, 0.2) is 12.7 Å². The van der Waals surface area contributed by atoms with E-state index in [4.69, 9.17) is 0 Å². The van der Waals surface area contributed by atoms with Crippen LogP contribution in [0.2, 0.25) is 0 Å². The van der Waals surface area contributed by atoms with Gasteiger partial charge in [0.25, 0.3) is 0 Å². The number of aromatic nitrogens is 3. The van der Waals surface area contributed by atoms with Gasteiger partial charge >= 0.3 is 0 Å². The van der Waals surface area contributed by atoms with E-state index in [2.05, 4.69) is 15.0 Å². The molecule has 1 N–H and O–H groups in total. The van der Waals surface area contributed by atoms with Gasteiger partial charge in [-0.25, -0.2) is 15.0 Å². The van der Waals surface area contributed by atoms with Crippen molar-refractivity contribution in [3.8, 4) is 0 Å². The van der Waals surface area contributed by atoms with Gasteiger partial charge in [-0.3, -0.25) is 0 Å². The molecule has 54 valence electrons. The standard InChI is InChI=1S/C6H9N3O/c1-6(2,10)5-8-3-7-4-9-5/h3-4,10H,1-2H3. The van der Waals surface area contributed by atoms with Crippen LogP contribution in [0.3, 0.4) is 0 Å². The second kappa shape index (κ2) is 2.30. The Morgan fingerprint density at radius 2 is 1.80 bits per heavy atom. The summed E-state index contributed by atoms with van der Waals surface area (Å²) in [7, 11) is 0. The zero-order valence-electron chi connectivity index (χ0n) is 5.94. The highest BCUT2D eigenvalue weighted by molar-refractivity contribution is 4.93. The topological polar surface area (TPSA) is 58.9 Å². The summed E-state index contributed by atoms with van der Waals surface area (Å²) in [4.78, 5) is 11.2. The average molecular weight is 139 g/mol. The van der Waals surface area contributed by atoms with Crippen molar-refractivity contribution in [2.45, 2.75) is 19.4 Å². The fraction of sp³-hybridized carbons (Fsp3) is 0.500. The molecule has 0 aliphatic heterocycles. The summed E-state index contributed by atoms with van der Waals surface area (Å²) in [6, 6.07) is 0. The fourth-order valence-electron chi connectivity index (χ4n) is 0.555. The van der Waals surface area contributed by atoms with E-state index in [1.165, 1.54) is 12.7 Å². The Morgan fingerprint density at radius 1 is 1.30 bits per heavy atom. The van der Waals surface area contributed by atoms with Gasteiger partial charge < -0.3 is 5.11 Å². The zero-order chi connectivity index (χ0) is 7.61. The highest BCUT2D eigenvalue weighted by atomic mass is 16.3. The number of hydrogen-bond donors (Lipinski definition) is 1.